The molecule has 1 aliphatic heterocycles. The summed E-state index contributed by atoms with van der Waals surface area (Å²) in [4.78, 5) is 68.4. The van der Waals surface area contributed by atoms with E-state index in [0.717, 1.165) is 4.47 Å². The van der Waals surface area contributed by atoms with Gasteiger partial charge in [-0.15, -0.1) is 0 Å². The van der Waals surface area contributed by atoms with Gasteiger partial charge in [-0.3, -0.25) is 0 Å². The number of ether oxygens (including phenoxy) is 6. The van der Waals surface area contributed by atoms with Crippen LogP contribution in [0.25, 0.3) is 0 Å². The van der Waals surface area contributed by atoms with E-state index in [1.807, 2.05) is 0 Å². The highest BCUT2D eigenvalue weighted by Gasteiger charge is 2.54. The van der Waals surface area contributed by atoms with Gasteiger partial charge in [-0.25, -0.2) is 24.0 Å². The molecule has 0 N–H and O–H groups in total. The second-order valence-electron chi connectivity index (χ2n) is 12.2. The quantitative estimate of drug-likeness (QED) is 0.0922. The van der Waals surface area contributed by atoms with Crippen LogP contribution in [0.1, 0.15) is 51.8 Å². The van der Waals surface area contributed by atoms with Crippen molar-refractivity contribution >= 4 is 109 Å². The van der Waals surface area contributed by atoms with Crippen LogP contribution < -0.4 is 0 Å². The Kier molecular flexibility index (Phi) is 14.5. The average molecular weight is 1100 g/mol. The number of benzene rings is 5. The first kappa shape index (κ1) is 42.4. The Morgan fingerprint density at radius 2 is 0.667 bits per heavy atom. The molecule has 0 aromatic heterocycles. The van der Waals surface area contributed by atoms with Crippen molar-refractivity contribution in [1.29, 1.82) is 0 Å². The van der Waals surface area contributed by atoms with E-state index in [-0.39, 0.29) is 27.8 Å². The summed E-state index contributed by atoms with van der Waals surface area (Å²) in [5.41, 5.74) is 0.569. The molecule has 5 atom stereocenters. The maximum absolute atomic E-state index is 13.9. The number of hydrogen-bond acceptors (Lipinski definition) is 11. The van der Waals surface area contributed by atoms with Crippen molar-refractivity contribution in [1.82, 2.24) is 0 Å². The Balaban J connectivity index is 1.43. The first-order valence-electron chi connectivity index (χ1n) is 16.8. The number of esters is 5. The second-order valence-corrected chi connectivity index (χ2v) is 16.8. The van der Waals surface area contributed by atoms with E-state index in [0.29, 0.717) is 17.9 Å². The van der Waals surface area contributed by atoms with Gasteiger partial charge in [0.2, 0.25) is 12.4 Å². The third-order valence-electron chi connectivity index (χ3n) is 8.32. The summed E-state index contributed by atoms with van der Waals surface area (Å²) in [5.74, 6) is -4.37. The highest BCUT2D eigenvalue weighted by molar-refractivity contribution is 9.11. The molecular formula is C41H27Br5O11. The van der Waals surface area contributed by atoms with Crippen LogP contribution in [0.3, 0.4) is 0 Å². The van der Waals surface area contributed by atoms with Gasteiger partial charge in [0, 0.05) is 22.4 Å². The normalized spacial score (nSPS) is 18.8. The number of hydrogen-bond donors (Lipinski definition) is 0. The number of rotatable bonds is 11. The van der Waals surface area contributed by atoms with E-state index in [2.05, 4.69) is 79.6 Å². The van der Waals surface area contributed by atoms with Crippen molar-refractivity contribution < 1.29 is 52.4 Å². The highest BCUT2D eigenvalue weighted by atomic mass is 79.9. The predicted octanol–water partition coefficient (Wildman–Crippen LogP) is 9.91. The Morgan fingerprint density at radius 1 is 0.386 bits per heavy atom. The Labute approximate surface area is 367 Å². The third kappa shape index (κ3) is 11.3. The van der Waals surface area contributed by atoms with E-state index in [1.165, 1.54) is 60.7 Å². The second kappa shape index (κ2) is 19.5. The van der Waals surface area contributed by atoms with Gasteiger partial charge < -0.3 is 28.4 Å². The van der Waals surface area contributed by atoms with Gasteiger partial charge >= 0.3 is 29.8 Å². The minimum atomic E-state index is -1.80. The van der Waals surface area contributed by atoms with Gasteiger partial charge in [0.05, 0.1) is 27.8 Å². The van der Waals surface area contributed by atoms with E-state index in [1.54, 1.807) is 60.7 Å². The molecule has 16 heteroatoms. The molecular weight excluding hydrogens is 1070 g/mol. The molecule has 6 rings (SSSR count). The fourth-order valence-electron chi connectivity index (χ4n) is 5.43. The molecule has 1 saturated heterocycles. The van der Waals surface area contributed by atoms with Crippen LogP contribution >= 0.6 is 79.6 Å². The van der Waals surface area contributed by atoms with Gasteiger partial charge in [0.1, 0.15) is 12.7 Å². The molecule has 5 aromatic carbocycles. The minimum Gasteiger partial charge on any atom is -0.459 e. The predicted molar refractivity (Wildman–Crippen MR) is 223 cm³/mol. The van der Waals surface area contributed by atoms with Crippen LogP contribution in [0, 0.1) is 0 Å². The van der Waals surface area contributed by atoms with Crippen molar-refractivity contribution in [3.63, 3.8) is 0 Å². The third-order valence-corrected chi connectivity index (χ3v) is 11.0. The topological polar surface area (TPSA) is 141 Å². The molecule has 292 valence electrons. The summed E-state index contributed by atoms with van der Waals surface area (Å²) in [6.45, 7) is -0.598. The molecule has 1 heterocycles. The van der Waals surface area contributed by atoms with Crippen molar-refractivity contribution in [3.05, 3.63) is 172 Å². The van der Waals surface area contributed by atoms with Crippen molar-refractivity contribution in [2.75, 3.05) is 6.61 Å². The first-order chi connectivity index (χ1) is 27.3. The monoisotopic (exact) mass is 1090 g/mol. The van der Waals surface area contributed by atoms with Crippen molar-refractivity contribution in [2.24, 2.45) is 0 Å². The summed E-state index contributed by atoms with van der Waals surface area (Å²) in [6.07, 6.45) is -8.35. The van der Waals surface area contributed by atoms with Crippen LogP contribution in [0.4, 0.5) is 0 Å². The fraction of sp³-hybridized carbons (Fsp3) is 0.146. The lowest BCUT2D eigenvalue weighted by atomic mass is 9.97. The fourth-order valence-corrected chi connectivity index (χ4v) is 6.75. The smallest absolute Gasteiger partial charge is 0.340 e. The summed E-state index contributed by atoms with van der Waals surface area (Å²) < 4.78 is 39.4. The lowest BCUT2D eigenvalue weighted by Crippen LogP contribution is -2.63. The molecule has 11 nitrogen and oxygen atoms in total. The summed E-state index contributed by atoms with van der Waals surface area (Å²) in [5, 5.41) is 0. The van der Waals surface area contributed by atoms with Crippen molar-refractivity contribution in [2.45, 2.75) is 30.7 Å². The van der Waals surface area contributed by atoms with Crippen LogP contribution in [-0.2, 0) is 28.4 Å². The lowest BCUT2D eigenvalue weighted by Gasteiger charge is -2.43. The van der Waals surface area contributed by atoms with Gasteiger partial charge in [0.25, 0.3) is 0 Å². The first-order valence-corrected chi connectivity index (χ1v) is 20.8. The molecule has 0 saturated carbocycles. The molecule has 5 aromatic rings. The molecule has 0 radical (unpaired) electrons. The Bertz CT molecular complexity index is 2230. The zero-order valence-electron chi connectivity index (χ0n) is 29.0. The average Bonchev–Trinajstić information content (AvgIpc) is 3.20. The number of halogens is 5. The molecule has 0 bridgehead atoms. The molecule has 1 aliphatic rings. The minimum absolute atomic E-state index is 0.0855. The van der Waals surface area contributed by atoms with Gasteiger partial charge in [-0.05, 0) is 121 Å². The Morgan fingerprint density at radius 3 is 1.02 bits per heavy atom. The zero-order chi connectivity index (χ0) is 40.6. The van der Waals surface area contributed by atoms with Crippen LogP contribution in [0.15, 0.2) is 144 Å². The molecule has 0 amide bonds. The summed E-state index contributed by atoms with van der Waals surface area (Å²) in [7, 11) is 0. The van der Waals surface area contributed by atoms with Crippen molar-refractivity contribution in [3.8, 4) is 0 Å². The van der Waals surface area contributed by atoms with E-state index in [4.69, 9.17) is 28.4 Å². The van der Waals surface area contributed by atoms with E-state index in [9.17, 15) is 24.0 Å². The van der Waals surface area contributed by atoms with E-state index >= 15 is 0 Å². The van der Waals surface area contributed by atoms with Gasteiger partial charge in [-0.2, -0.15) is 0 Å². The lowest BCUT2D eigenvalue weighted by molar-refractivity contribution is -0.282. The summed E-state index contributed by atoms with van der Waals surface area (Å²) >= 11 is 16.7. The molecule has 57 heavy (non-hydrogen) atoms. The maximum Gasteiger partial charge on any atom is 0.340 e. The van der Waals surface area contributed by atoms with Crippen LogP contribution in [0.5, 0.6) is 0 Å². The Hall–Kier alpha value is -4.19. The molecule has 0 spiro atoms. The zero-order valence-corrected chi connectivity index (χ0v) is 37.0. The van der Waals surface area contributed by atoms with Crippen LogP contribution in [-0.4, -0.2) is 67.2 Å². The van der Waals surface area contributed by atoms with E-state index < -0.39 is 67.2 Å². The number of carbonyl (C=O) groups excluding carboxylic acids is 5. The maximum atomic E-state index is 13.9. The highest BCUT2D eigenvalue weighted by Crippen LogP contribution is 2.33. The summed E-state index contributed by atoms with van der Waals surface area (Å²) in [6, 6.07) is 31.2. The molecule has 0 aliphatic carbocycles. The van der Waals surface area contributed by atoms with Crippen LogP contribution in [0.2, 0.25) is 0 Å². The largest absolute Gasteiger partial charge is 0.459 e. The van der Waals surface area contributed by atoms with Gasteiger partial charge in [0.15, 0.2) is 12.2 Å². The molecule has 1 unspecified atom stereocenters. The SMILES string of the molecule is O=C(OC[C@H]1OC(OC(=O)c2ccc(Br)cc2)[C@H](OC(=O)c2ccc(Br)cc2)[C@@H](OC(=O)c2ccc(Br)cc2)[C@H]1OC(=O)c1ccc(Br)cc1)c1ccc(Br)cc1. The number of carbonyl (C=O) groups is 5. The molecule has 1 fully saturated rings. The van der Waals surface area contributed by atoms with Gasteiger partial charge in [-0.1, -0.05) is 79.6 Å². The standard InChI is InChI=1S/C41H27Br5O11/c42-27-11-1-22(2-12-27)36(47)52-21-32-33(54-37(48)23-3-13-28(43)14-4-23)34(55-38(49)24-5-15-29(44)16-6-24)35(56-39(50)25-7-17-30(45)18-8-25)41(53-32)57-40(51)26-9-19-31(46)20-10-26/h1-20,32-35,41H,21H2/t32-,33+,34+,35-,41?/m1/s1.